The van der Waals surface area contributed by atoms with Gasteiger partial charge in [-0.3, -0.25) is 9.52 Å². The van der Waals surface area contributed by atoms with Gasteiger partial charge in [0.25, 0.3) is 15.9 Å². The molecule has 6 heteroatoms. The summed E-state index contributed by atoms with van der Waals surface area (Å²) in [4.78, 5) is 12.7. The van der Waals surface area contributed by atoms with Crippen LogP contribution in [0.5, 0.6) is 0 Å². The van der Waals surface area contributed by atoms with Gasteiger partial charge in [-0.15, -0.1) is 0 Å². The summed E-state index contributed by atoms with van der Waals surface area (Å²) in [5.74, 6) is -0.318. The highest BCUT2D eigenvalue weighted by molar-refractivity contribution is 7.92. The molecule has 5 nitrogen and oxygen atoms in total. The van der Waals surface area contributed by atoms with Crippen LogP contribution in [-0.2, 0) is 16.6 Å². The number of anilines is 1. The van der Waals surface area contributed by atoms with Crippen molar-refractivity contribution in [1.29, 1.82) is 0 Å². The largest absolute Gasteiger partial charge is 0.348 e. The Morgan fingerprint density at radius 3 is 2.17 bits per heavy atom. The first kappa shape index (κ1) is 21.6. The Bertz CT molecular complexity index is 1180. The Labute approximate surface area is 178 Å². The molecule has 1 amide bonds. The molecule has 0 aliphatic heterocycles. The molecule has 156 valence electrons. The molecule has 3 aromatic rings. The minimum Gasteiger partial charge on any atom is -0.348 e. The van der Waals surface area contributed by atoms with E-state index >= 15 is 0 Å². The van der Waals surface area contributed by atoms with Gasteiger partial charge in [-0.25, -0.2) is 8.42 Å². The maximum Gasteiger partial charge on any atom is 0.262 e. The molecule has 0 bridgehead atoms. The van der Waals surface area contributed by atoms with Crippen LogP contribution < -0.4 is 10.0 Å². The van der Waals surface area contributed by atoms with Crippen LogP contribution >= 0.6 is 0 Å². The van der Waals surface area contributed by atoms with E-state index in [4.69, 9.17) is 0 Å². The smallest absolute Gasteiger partial charge is 0.262 e. The standard InChI is InChI=1S/C24H26N2O3S/c1-16-11-17(2)13-22(12-16)26-30(28,29)23-14-20(10-9-19(23)4)24(27)25-15-21-8-6-5-7-18(21)3/h5-14,26H,15H2,1-4H3,(H,25,27). The lowest BCUT2D eigenvalue weighted by Crippen LogP contribution is -2.24. The lowest BCUT2D eigenvalue weighted by atomic mass is 10.1. The van der Waals surface area contributed by atoms with Gasteiger partial charge in [0.15, 0.2) is 0 Å². The third-order valence-electron chi connectivity index (χ3n) is 4.91. The van der Waals surface area contributed by atoms with Crippen LogP contribution in [0.2, 0.25) is 0 Å². The maximum absolute atomic E-state index is 13.0. The second-order valence-corrected chi connectivity index (χ2v) is 9.22. The van der Waals surface area contributed by atoms with Gasteiger partial charge < -0.3 is 5.32 Å². The van der Waals surface area contributed by atoms with E-state index in [1.807, 2.05) is 51.1 Å². The van der Waals surface area contributed by atoms with Crippen molar-refractivity contribution in [3.05, 3.63) is 94.0 Å². The van der Waals surface area contributed by atoms with Crippen molar-refractivity contribution >= 4 is 21.6 Å². The molecule has 0 saturated heterocycles. The quantitative estimate of drug-likeness (QED) is 0.607. The number of sulfonamides is 1. The fourth-order valence-corrected chi connectivity index (χ4v) is 4.67. The van der Waals surface area contributed by atoms with Crippen molar-refractivity contribution in [2.24, 2.45) is 0 Å². The van der Waals surface area contributed by atoms with Gasteiger partial charge in [-0.1, -0.05) is 36.4 Å². The van der Waals surface area contributed by atoms with Crippen LogP contribution in [0, 0.1) is 27.7 Å². The van der Waals surface area contributed by atoms with Crippen LogP contribution in [0.4, 0.5) is 5.69 Å². The van der Waals surface area contributed by atoms with Gasteiger partial charge in [-0.2, -0.15) is 0 Å². The zero-order chi connectivity index (χ0) is 21.9. The molecule has 30 heavy (non-hydrogen) atoms. The number of amides is 1. The highest BCUT2D eigenvalue weighted by Gasteiger charge is 2.19. The van der Waals surface area contributed by atoms with Crippen LogP contribution in [-0.4, -0.2) is 14.3 Å². The number of carbonyl (C=O) groups is 1. The first-order valence-corrected chi connectivity index (χ1v) is 11.2. The van der Waals surface area contributed by atoms with Crippen molar-refractivity contribution in [2.45, 2.75) is 39.1 Å². The molecule has 0 heterocycles. The highest BCUT2D eigenvalue weighted by atomic mass is 32.2. The summed E-state index contributed by atoms with van der Waals surface area (Å²) in [6.07, 6.45) is 0. The molecule has 0 radical (unpaired) electrons. The number of hydrogen-bond acceptors (Lipinski definition) is 3. The second-order valence-electron chi connectivity index (χ2n) is 7.57. The molecule has 0 atom stereocenters. The third kappa shape index (κ3) is 5.07. The summed E-state index contributed by atoms with van der Waals surface area (Å²) in [6, 6.07) is 18.0. The molecule has 0 spiro atoms. The molecule has 0 saturated carbocycles. The average Bonchev–Trinajstić information content (AvgIpc) is 2.66. The van der Waals surface area contributed by atoms with Crippen LogP contribution in [0.3, 0.4) is 0 Å². The summed E-state index contributed by atoms with van der Waals surface area (Å²) < 4.78 is 28.6. The fraction of sp³-hybridized carbons (Fsp3) is 0.208. The Morgan fingerprint density at radius 2 is 1.50 bits per heavy atom. The number of carbonyl (C=O) groups excluding carboxylic acids is 1. The number of nitrogens with one attached hydrogen (secondary N) is 2. The monoisotopic (exact) mass is 422 g/mol. The van der Waals surface area contributed by atoms with Crippen LogP contribution in [0.25, 0.3) is 0 Å². The van der Waals surface area contributed by atoms with Gasteiger partial charge in [0.1, 0.15) is 0 Å². The Kier molecular flexibility index (Phi) is 6.27. The van der Waals surface area contributed by atoms with E-state index in [0.717, 1.165) is 22.3 Å². The summed E-state index contributed by atoms with van der Waals surface area (Å²) in [5.41, 5.74) is 5.41. The molecule has 0 aliphatic rings. The van der Waals surface area contributed by atoms with Crippen molar-refractivity contribution in [2.75, 3.05) is 4.72 Å². The molecule has 0 fully saturated rings. The van der Waals surface area contributed by atoms with E-state index in [9.17, 15) is 13.2 Å². The van der Waals surface area contributed by atoms with Gasteiger partial charge >= 0.3 is 0 Å². The molecule has 3 aromatic carbocycles. The number of rotatable bonds is 6. The number of benzene rings is 3. The summed E-state index contributed by atoms with van der Waals surface area (Å²) in [7, 11) is -3.84. The molecule has 3 rings (SSSR count). The summed E-state index contributed by atoms with van der Waals surface area (Å²) >= 11 is 0. The number of hydrogen-bond donors (Lipinski definition) is 2. The second kappa shape index (κ2) is 8.71. The predicted octanol–water partition coefficient (Wildman–Crippen LogP) is 4.65. The minimum absolute atomic E-state index is 0.0881. The van der Waals surface area contributed by atoms with Crippen LogP contribution in [0.1, 0.15) is 38.2 Å². The van der Waals surface area contributed by atoms with Gasteiger partial charge in [0.05, 0.1) is 4.90 Å². The maximum atomic E-state index is 13.0. The zero-order valence-corrected chi connectivity index (χ0v) is 18.4. The molecule has 0 aliphatic carbocycles. The van der Waals surface area contributed by atoms with Crippen molar-refractivity contribution < 1.29 is 13.2 Å². The van der Waals surface area contributed by atoms with Gasteiger partial charge in [0, 0.05) is 17.8 Å². The van der Waals surface area contributed by atoms with E-state index < -0.39 is 10.0 Å². The molecular weight excluding hydrogens is 396 g/mol. The minimum atomic E-state index is -3.84. The molecule has 0 unspecified atom stereocenters. The van der Waals surface area contributed by atoms with E-state index in [2.05, 4.69) is 10.0 Å². The third-order valence-corrected chi connectivity index (χ3v) is 6.44. The number of aryl methyl sites for hydroxylation is 4. The van der Waals surface area contributed by atoms with Crippen molar-refractivity contribution in [3.8, 4) is 0 Å². The normalized spacial score (nSPS) is 11.2. The topological polar surface area (TPSA) is 75.3 Å². The SMILES string of the molecule is Cc1cc(C)cc(NS(=O)(=O)c2cc(C(=O)NCc3ccccc3C)ccc2C)c1. The lowest BCUT2D eigenvalue weighted by molar-refractivity contribution is 0.0950. The molecule has 2 N–H and O–H groups in total. The lowest BCUT2D eigenvalue weighted by Gasteiger charge is -2.13. The van der Waals surface area contributed by atoms with Crippen molar-refractivity contribution in [1.82, 2.24) is 5.32 Å². The summed E-state index contributed by atoms with van der Waals surface area (Å²) in [5, 5.41) is 2.86. The first-order valence-electron chi connectivity index (χ1n) is 9.70. The highest BCUT2D eigenvalue weighted by Crippen LogP contribution is 2.22. The van der Waals surface area contributed by atoms with Gasteiger partial charge in [-0.05, 0) is 79.8 Å². The first-order chi connectivity index (χ1) is 14.2. The molecule has 0 aromatic heterocycles. The zero-order valence-electron chi connectivity index (χ0n) is 17.6. The Hall–Kier alpha value is -3.12. The Balaban J connectivity index is 1.83. The average molecular weight is 423 g/mol. The van der Waals surface area contributed by atoms with E-state index in [0.29, 0.717) is 23.4 Å². The Morgan fingerprint density at radius 1 is 0.833 bits per heavy atom. The van der Waals surface area contributed by atoms with Crippen molar-refractivity contribution in [3.63, 3.8) is 0 Å². The predicted molar refractivity (Wildman–Crippen MR) is 120 cm³/mol. The van der Waals surface area contributed by atoms with Crippen LogP contribution in [0.15, 0.2) is 65.6 Å². The summed E-state index contributed by atoms with van der Waals surface area (Å²) in [6.45, 7) is 7.90. The van der Waals surface area contributed by atoms with E-state index in [-0.39, 0.29) is 10.8 Å². The fourth-order valence-electron chi connectivity index (χ4n) is 3.36. The molecular formula is C24H26N2O3S. The van der Waals surface area contributed by atoms with E-state index in [1.165, 1.54) is 6.07 Å². The van der Waals surface area contributed by atoms with Gasteiger partial charge in [0.2, 0.25) is 0 Å². The van der Waals surface area contributed by atoms with E-state index in [1.54, 1.807) is 31.2 Å².